The highest BCUT2D eigenvalue weighted by atomic mass is 32.2. The van der Waals surface area contributed by atoms with Crippen molar-refractivity contribution in [2.24, 2.45) is 0 Å². The molecule has 0 aliphatic carbocycles. The molecule has 9 heteroatoms. The van der Waals surface area contributed by atoms with Crippen molar-refractivity contribution < 1.29 is 4.79 Å². The Bertz CT molecular complexity index is 1310. The Labute approximate surface area is 203 Å². The van der Waals surface area contributed by atoms with Crippen LogP contribution < -0.4 is 10.9 Å². The van der Waals surface area contributed by atoms with Gasteiger partial charge in [-0.1, -0.05) is 25.1 Å². The number of rotatable bonds is 10. The highest BCUT2D eigenvalue weighted by Gasteiger charge is 2.25. The van der Waals surface area contributed by atoms with Crippen molar-refractivity contribution in [1.29, 1.82) is 0 Å². The zero-order valence-corrected chi connectivity index (χ0v) is 20.6. The summed E-state index contributed by atoms with van der Waals surface area (Å²) in [5, 5.41) is 12.6. The number of aryl methyl sites for hydroxylation is 1. The zero-order valence-electron chi connectivity index (χ0n) is 19.8. The van der Waals surface area contributed by atoms with Gasteiger partial charge in [0.1, 0.15) is 16.9 Å². The molecule has 3 aromatic heterocycles. The van der Waals surface area contributed by atoms with Crippen LogP contribution in [0.4, 0.5) is 0 Å². The number of amides is 1. The fraction of sp³-hybridized carbons (Fsp3) is 0.360. The van der Waals surface area contributed by atoms with Crippen LogP contribution in [-0.2, 0) is 4.79 Å². The van der Waals surface area contributed by atoms with Crippen molar-refractivity contribution in [2.45, 2.75) is 39.7 Å². The van der Waals surface area contributed by atoms with Crippen LogP contribution in [-0.4, -0.2) is 48.1 Å². The molecule has 0 spiro atoms. The summed E-state index contributed by atoms with van der Waals surface area (Å²) in [6.07, 6.45) is 5.80. The Morgan fingerprint density at radius 2 is 1.82 bits per heavy atom. The monoisotopic (exact) mass is 478 g/mol. The van der Waals surface area contributed by atoms with Crippen LogP contribution >= 0.6 is 11.8 Å². The third kappa shape index (κ3) is 4.79. The zero-order chi connectivity index (χ0) is 24.1. The van der Waals surface area contributed by atoms with Crippen molar-refractivity contribution in [1.82, 2.24) is 29.4 Å². The van der Waals surface area contributed by atoms with E-state index in [4.69, 9.17) is 5.10 Å². The number of hydrogen-bond donors (Lipinski definition) is 1. The van der Waals surface area contributed by atoms with Crippen molar-refractivity contribution in [3.05, 3.63) is 70.9 Å². The van der Waals surface area contributed by atoms with Gasteiger partial charge in [-0.25, -0.2) is 9.36 Å². The van der Waals surface area contributed by atoms with Gasteiger partial charge in [-0.2, -0.15) is 22.0 Å². The topological polar surface area (TPSA) is 86.7 Å². The summed E-state index contributed by atoms with van der Waals surface area (Å²) in [5.74, 6) is 2.54. The van der Waals surface area contributed by atoms with Gasteiger partial charge in [-0.05, 0) is 62.5 Å². The number of aromatic nitrogens is 5. The predicted octanol–water partition coefficient (Wildman–Crippen LogP) is 3.89. The van der Waals surface area contributed by atoms with E-state index in [0.29, 0.717) is 29.0 Å². The minimum Gasteiger partial charge on any atom is -0.354 e. The minimum atomic E-state index is -0.739. The standard InChI is InChI=1S/C25H30N6O2S/c1-4-16-34-17-10-13-26-23(32)19(3)30-25(33)21-22(18(2)27-30)28-31(20-11-6-5-7-12-20)24(21)29-14-8-9-15-29/h5-9,11-12,14-15,19H,4,10,13,16-17H2,1-3H3,(H,26,32)/t19-/m0/s1. The molecule has 1 atom stereocenters. The summed E-state index contributed by atoms with van der Waals surface area (Å²) in [6, 6.07) is 12.7. The van der Waals surface area contributed by atoms with Gasteiger partial charge in [0.2, 0.25) is 5.91 Å². The number of nitrogens with one attached hydrogen (secondary N) is 1. The van der Waals surface area contributed by atoms with E-state index in [-0.39, 0.29) is 11.5 Å². The first-order valence-electron chi connectivity index (χ1n) is 11.6. The van der Waals surface area contributed by atoms with Crippen LogP contribution in [0.3, 0.4) is 0 Å². The second-order valence-electron chi connectivity index (χ2n) is 8.15. The first-order valence-corrected chi connectivity index (χ1v) is 12.7. The molecule has 4 rings (SSSR count). The Morgan fingerprint density at radius 1 is 1.09 bits per heavy atom. The molecule has 8 nitrogen and oxygen atoms in total. The van der Waals surface area contributed by atoms with E-state index >= 15 is 0 Å². The summed E-state index contributed by atoms with van der Waals surface area (Å²) < 4.78 is 4.90. The van der Waals surface area contributed by atoms with Gasteiger partial charge in [-0.3, -0.25) is 9.59 Å². The fourth-order valence-electron chi connectivity index (χ4n) is 3.85. The highest BCUT2D eigenvalue weighted by Crippen LogP contribution is 2.25. The maximum Gasteiger partial charge on any atom is 0.280 e. The van der Waals surface area contributed by atoms with Crippen LogP contribution in [0.5, 0.6) is 0 Å². The highest BCUT2D eigenvalue weighted by molar-refractivity contribution is 7.99. The van der Waals surface area contributed by atoms with E-state index in [0.717, 1.165) is 30.0 Å². The van der Waals surface area contributed by atoms with E-state index in [1.54, 1.807) is 11.6 Å². The molecule has 34 heavy (non-hydrogen) atoms. The summed E-state index contributed by atoms with van der Waals surface area (Å²) >= 11 is 1.89. The van der Waals surface area contributed by atoms with Crippen LogP contribution in [0.15, 0.2) is 59.7 Å². The Kier molecular flexibility index (Phi) is 7.52. The number of para-hydroxylation sites is 1. The second-order valence-corrected chi connectivity index (χ2v) is 9.38. The molecule has 1 aromatic carbocycles. The first kappa shape index (κ1) is 23.8. The number of carbonyl (C=O) groups excluding carboxylic acids is 1. The molecule has 3 heterocycles. The molecule has 0 saturated heterocycles. The maximum absolute atomic E-state index is 13.7. The lowest BCUT2D eigenvalue weighted by atomic mass is 10.2. The summed E-state index contributed by atoms with van der Waals surface area (Å²) in [4.78, 5) is 26.5. The molecule has 1 amide bonds. The van der Waals surface area contributed by atoms with E-state index < -0.39 is 6.04 Å². The van der Waals surface area contributed by atoms with Gasteiger partial charge in [0.25, 0.3) is 5.56 Å². The molecule has 4 aromatic rings. The van der Waals surface area contributed by atoms with Crippen molar-refractivity contribution in [3.8, 4) is 11.5 Å². The maximum atomic E-state index is 13.7. The predicted molar refractivity (Wildman–Crippen MR) is 137 cm³/mol. The summed E-state index contributed by atoms with van der Waals surface area (Å²) in [7, 11) is 0. The van der Waals surface area contributed by atoms with E-state index in [2.05, 4.69) is 17.3 Å². The SMILES string of the molecule is CCCSCCCNC(=O)[C@H](C)n1nc(C)c2nn(-c3ccccc3)c(-n3cccc3)c2c1=O. The third-order valence-electron chi connectivity index (χ3n) is 5.59. The van der Waals surface area contributed by atoms with E-state index in [9.17, 15) is 9.59 Å². The van der Waals surface area contributed by atoms with Gasteiger partial charge < -0.3 is 9.88 Å². The number of nitrogens with zero attached hydrogens (tertiary/aromatic N) is 5. The normalized spacial score (nSPS) is 12.2. The van der Waals surface area contributed by atoms with Gasteiger partial charge in [0, 0.05) is 18.9 Å². The molecule has 0 aliphatic heterocycles. The van der Waals surface area contributed by atoms with Crippen molar-refractivity contribution in [2.75, 3.05) is 18.1 Å². The number of benzene rings is 1. The Hall–Kier alpha value is -3.33. The largest absolute Gasteiger partial charge is 0.354 e. The van der Waals surface area contributed by atoms with Crippen LogP contribution in [0.2, 0.25) is 0 Å². The third-order valence-corrected chi connectivity index (χ3v) is 6.87. The molecule has 178 valence electrons. The molecular weight excluding hydrogens is 448 g/mol. The Morgan fingerprint density at radius 3 is 2.53 bits per heavy atom. The average Bonchev–Trinajstić information content (AvgIpc) is 3.52. The summed E-state index contributed by atoms with van der Waals surface area (Å²) in [6.45, 7) is 6.26. The van der Waals surface area contributed by atoms with Crippen molar-refractivity contribution in [3.63, 3.8) is 0 Å². The molecule has 0 saturated carbocycles. The van der Waals surface area contributed by atoms with Crippen molar-refractivity contribution >= 4 is 28.6 Å². The molecule has 0 radical (unpaired) electrons. The average molecular weight is 479 g/mol. The molecular formula is C25H30N6O2S. The van der Waals surface area contributed by atoms with Crippen LogP contribution in [0, 0.1) is 6.92 Å². The summed E-state index contributed by atoms with van der Waals surface area (Å²) in [5.41, 5.74) is 1.61. The first-order chi connectivity index (χ1) is 16.5. The second kappa shape index (κ2) is 10.7. The minimum absolute atomic E-state index is 0.216. The molecule has 0 unspecified atom stereocenters. The smallest absolute Gasteiger partial charge is 0.280 e. The fourth-order valence-corrected chi connectivity index (χ4v) is 4.69. The molecule has 0 fully saturated rings. The van der Waals surface area contributed by atoms with Gasteiger partial charge in [0.15, 0.2) is 5.82 Å². The lowest BCUT2D eigenvalue weighted by Crippen LogP contribution is -2.38. The lowest BCUT2D eigenvalue weighted by molar-refractivity contribution is -0.124. The van der Waals surface area contributed by atoms with E-state index in [1.165, 1.54) is 4.68 Å². The number of carbonyl (C=O) groups is 1. The quantitative estimate of drug-likeness (QED) is 0.350. The van der Waals surface area contributed by atoms with Gasteiger partial charge >= 0.3 is 0 Å². The van der Waals surface area contributed by atoms with Gasteiger partial charge in [0.05, 0.1) is 11.4 Å². The molecule has 1 N–H and O–H groups in total. The van der Waals surface area contributed by atoms with Crippen LogP contribution in [0.25, 0.3) is 22.4 Å². The van der Waals surface area contributed by atoms with Crippen LogP contribution in [0.1, 0.15) is 38.4 Å². The number of fused-ring (bicyclic) bond motifs is 1. The number of hydrogen-bond acceptors (Lipinski definition) is 5. The Balaban J connectivity index is 1.72. The number of thioether (sulfide) groups is 1. The molecule has 0 aliphatic rings. The van der Waals surface area contributed by atoms with E-state index in [1.807, 2.05) is 78.1 Å². The van der Waals surface area contributed by atoms with Gasteiger partial charge in [-0.15, -0.1) is 0 Å². The molecule has 0 bridgehead atoms. The lowest BCUT2D eigenvalue weighted by Gasteiger charge is -2.15.